The van der Waals surface area contributed by atoms with E-state index in [9.17, 15) is 0 Å². The van der Waals surface area contributed by atoms with Gasteiger partial charge in [-0.25, -0.2) is 4.98 Å². The SMILES string of the molecule is Cc1cnc(Br)c2cnsc12. The van der Waals surface area contributed by atoms with Crippen LogP contribution in [0.1, 0.15) is 5.56 Å². The smallest absolute Gasteiger partial charge is 0.116 e. The Kier molecular flexibility index (Phi) is 1.65. The Bertz CT molecular complexity index is 360. The third-order valence-corrected chi connectivity index (χ3v) is 3.09. The topological polar surface area (TPSA) is 25.8 Å². The van der Waals surface area contributed by atoms with Crippen LogP contribution >= 0.6 is 27.5 Å². The molecule has 0 N–H and O–H groups in total. The van der Waals surface area contributed by atoms with Gasteiger partial charge in [0, 0.05) is 11.6 Å². The summed E-state index contributed by atoms with van der Waals surface area (Å²) in [6, 6.07) is 0. The molecule has 4 heteroatoms. The molecule has 0 saturated carbocycles. The molecule has 0 bridgehead atoms. The maximum atomic E-state index is 4.16. The fourth-order valence-electron chi connectivity index (χ4n) is 0.953. The molecule has 0 fully saturated rings. The van der Waals surface area contributed by atoms with Crippen molar-refractivity contribution in [2.24, 2.45) is 0 Å². The summed E-state index contributed by atoms with van der Waals surface area (Å²) in [5, 5.41) is 1.11. The second-order valence-corrected chi connectivity index (χ2v) is 3.85. The van der Waals surface area contributed by atoms with Gasteiger partial charge < -0.3 is 0 Å². The summed E-state index contributed by atoms with van der Waals surface area (Å²) >= 11 is 4.87. The monoisotopic (exact) mass is 228 g/mol. The van der Waals surface area contributed by atoms with Gasteiger partial charge in [0.2, 0.25) is 0 Å². The quantitative estimate of drug-likeness (QED) is 0.649. The third kappa shape index (κ3) is 1.06. The van der Waals surface area contributed by atoms with Gasteiger partial charge in [0.25, 0.3) is 0 Å². The molecule has 2 rings (SSSR count). The Balaban J connectivity index is 2.96. The summed E-state index contributed by atoms with van der Waals surface area (Å²) in [6.07, 6.45) is 3.69. The fraction of sp³-hybridized carbons (Fsp3) is 0.143. The summed E-state index contributed by atoms with van der Waals surface area (Å²) in [7, 11) is 0. The van der Waals surface area contributed by atoms with Gasteiger partial charge in [-0.3, -0.25) is 0 Å². The molecule has 0 aliphatic carbocycles. The highest BCUT2D eigenvalue weighted by molar-refractivity contribution is 9.10. The van der Waals surface area contributed by atoms with Crippen molar-refractivity contribution in [2.75, 3.05) is 0 Å². The Hall–Kier alpha value is -0.480. The van der Waals surface area contributed by atoms with Crippen molar-refractivity contribution < 1.29 is 0 Å². The molecule has 0 amide bonds. The maximum Gasteiger partial charge on any atom is 0.116 e. The minimum absolute atomic E-state index is 0.881. The van der Waals surface area contributed by atoms with Crippen LogP contribution in [0.25, 0.3) is 10.1 Å². The number of aryl methyl sites for hydroxylation is 1. The predicted octanol–water partition coefficient (Wildman–Crippen LogP) is 2.76. The van der Waals surface area contributed by atoms with Crippen LogP contribution in [0.5, 0.6) is 0 Å². The number of aromatic nitrogens is 2. The largest absolute Gasteiger partial charge is 0.248 e. The molecule has 0 spiro atoms. The van der Waals surface area contributed by atoms with E-state index in [1.54, 1.807) is 0 Å². The number of halogens is 1. The lowest BCUT2D eigenvalue weighted by Gasteiger charge is -1.94. The number of nitrogens with zero attached hydrogens (tertiary/aromatic N) is 2. The second kappa shape index (κ2) is 2.53. The van der Waals surface area contributed by atoms with Crippen LogP contribution in [0.4, 0.5) is 0 Å². The highest BCUT2D eigenvalue weighted by Crippen LogP contribution is 2.26. The molecule has 0 aliphatic heterocycles. The lowest BCUT2D eigenvalue weighted by atomic mass is 10.3. The van der Waals surface area contributed by atoms with E-state index in [1.807, 2.05) is 19.3 Å². The van der Waals surface area contributed by atoms with Crippen LogP contribution in [-0.4, -0.2) is 9.36 Å². The van der Waals surface area contributed by atoms with Gasteiger partial charge in [-0.05, 0) is 39.9 Å². The molecule has 0 aliphatic rings. The third-order valence-electron chi connectivity index (χ3n) is 1.52. The van der Waals surface area contributed by atoms with Crippen molar-refractivity contribution in [1.29, 1.82) is 0 Å². The summed E-state index contributed by atoms with van der Waals surface area (Å²) in [5.74, 6) is 0. The standard InChI is InChI=1S/C7H5BrN2S/c1-4-2-9-7(8)5-3-10-11-6(4)5/h2-3H,1H3. The summed E-state index contributed by atoms with van der Waals surface area (Å²) in [4.78, 5) is 4.16. The summed E-state index contributed by atoms with van der Waals surface area (Å²) in [5.41, 5.74) is 1.19. The van der Waals surface area contributed by atoms with Gasteiger partial charge in [-0.1, -0.05) is 0 Å². The summed E-state index contributed by atoms with van der Waals surface area (Å²) in [6.45, 7) is 2.04. The molecule has 0 atom stereocenters. The first-order valence-electron chi connectivity index (χ1n) is 3.14. The molecule has 2 aromatic heterocycles. The van der Waals surface area contributed by atoms with Crippen LogP contribution < -0.4 is 0 Å². The van der Waals surface area contributed by atoms with Crippen molar-refractivity contribution in [3.63, 3.8) is 0 Å². The zero-order valence-electron chi connectivity index (χ0n) is 5.84. The highest BCUT2D eigenvalue weighted by atomic mass is 79.9. The number of fused-ring (bicyclic) bond motifs is 1. The molecule has 0 aromatic carbocycles. The second-order valence-electron chi connectivity index (χ2n) is 2.30. The number of pyridine rings is 1. The average Bonchev–Trinajstić information content (AvgIpc) is 2.45. The Morgan fingerprint density at radius 2 is 2.27 bits per heavy atom. The molecule has 0 saturated heterocycles. The first kappa shape index (κ1) is 7.18. The van der Waals surface area contributed by atoms with Crippen molar-refractivity contribution in [3.8, 4) is 0 Å². The Labute approximate surface area is 76.6 Å². The normalized spacial score (nSPS) is 10.7. The highest BCUT2D eigenvalue weighted by Gasteiger charge is 2.03. The van der Waals surface area contributed by atoms with E-state index in [0.717, 1.165) is 9.99 Å². The van der Waals surface area contributed by atoms with Gasteiger partial charge in [0.15, 0.2) is 0 Å². The van der Waals surface area contributed by atoms with E-state index >= 15 is 0 Å². The van der Waals surface area contributed by atoms with Gasteiger partial charge in [-0.15, -0.1) is 0 Å². The van der Waals surface area contributed by atoms with E-state index in [2.05, 4.69) is 25.3 Å². The van der Waals surface area contributed by atoms with Crippen LogP contribution in [0.3, 0.4) is 0 Å². The molecule has 2 nitrogen and oxygen atoms in total. The Morgan fingerprint density at radius 3 is 3.00 bits per heavy atom. The van der Waals surface area contributed by atoms with Gasteiger partial charge in [-0.2, -0.15) is 4.37 Å². The first-order chi connectivity index (χ1) is 5.29. The number of rotatable bonds is 0. The van der Waals surface area contributed by atoms with Gasteiger partial charge >= 0.3 is 0 Å². The molecular formula is C7H5BrN2S. The van der Waals surface area contributed by atoms with Crippen molar-refractivity contribution in [2.45, 2.75) is 6.92 Å². The maximum absolute atomic E-state index is 4.16. The molecule has 11 heavy (non-hydrogen) atoms. The lowest BCUT2D eigenvalue weighted by molar-refractivity contribution is 1.28. The summed E-state index contributed by atoms with van der Waals surface area (Å²) < 4.78 is 6.19. The minimum atomic E-state index is 0.881. The van der Waals surface area contributed by atoms with Crippen LogP contribution in [0.15, 0.2) is 17.0 Å². The number of hydrogen-bond acceptors (Lipinski definition) is 3. The first-order valence-corrected chi connectivity index (χ1v) is 4.71. The average molecular weight is 229 g/mol. The van der Waals surface area contributed by atoms with E-state index < -0.39 is 0 Å². The van der Waals surface area contributed by atoms with E-state index in [1.165, 1.54) is 21.8 Å². The van der Waals surface area contributed by atoms with Crippen LogP contribution in [0.2, 0.25) is 0 Å². The Morgan fingerprint density at radius 1 is 1.45 bits per heavy atom. The van der Waals surface area contributed by atoms with Gasteiger partial charge in [0.1, 0.15) is 4.60 Å². The molecule has 0 radical (unpaired) electrons. The van der Waals surface area contributed by atoms with Crippen LogP contribution in [0, 0.1) is 6.92 Å². The van der Waals surface area contributed by atoms with Crippen LogP contribution in [-0.2, 0) is 0 Å². The van der Waals surface area contributed by atoms with Crippen molar-refractivity contribution in [3.05, 3.63) is 22.6 Å². The van der Waals surface area contributed by atoms with E-state index in [-0.39, 0.29) is 0 Å². The zero-order valence-corrected chi connectivity index (χ0v) is 8.24. The van der Waals surface area contributed by atoms with Crippen molar-refractivity contribution >= 4 is 37.5 Å². The molecule has 0 unspecified atom stereocenters. The number of hydrogen-bond donors (Lipinski definition) is 0. The molecule has 56 valence electrons. The van der Waals surface area contributed by atoms with E-state index in [0.29, 0.717) is 0 Å². The zero-order chi connectivity index (χ0) is 7.84. The predicted molar refractivity (Wildman–Crippen MR) is 49.9 cm³/mol. The molecule has 2 aromatic rings. The molecular weight excluding hydrogens is 224 g/mol. The van der Waals surface area contributed by atoms with E-state index in [4.69, 9.17) is 0 Å². The minimum Gasteiger partial charge on any atom is -0.248 e. The van der Waals surface area contributed by atoms with Gasteiger partial charge in [0.05, 0.1) is 10.9 Å². The lowest BCUT2D eigenvalue weighted by Crippen LogP contribution is -1.78. The van der Waals surface area contributed by atoms with Crippen molar-refractivity contribution in [1.82, 2.24) is 9.36 Å². The fourth-order valence-corrected chi connectivity index (χ4v) is 2.19. The molecule has 2 heterocycles.